The van der Waals surface area contributed by atoms with Gasteiger partial charge in [-0.25, -0.2) is 0 Å². The van der Waals surface area contributed by atoms with Gasteiger partial charge < -0.3 is 10.4 Å². The van der Waals surface area contributed by atoms with Gasteiger partial charge in [0.2, 0.25) is 0 Å². The van der Waals surface area contributed by atoms with Crippen molar-refractivity contribution >= 4 is 22.5 Å². The number of amides is 1. The fraction of sp³-hybridized carbons (Fsp3) is 0. The Labute approximate surface area is 143 Å². The van der Waals surface area contributed by atoms with E-state index in [0.717, 1.165) is 22.0 Å². The van der Waals surface area contributed by atoms with Gasteiger partial charge >= 0.3 is 0 Å². The summed E-state index contributed by atoms with van der Waals surface area (Å²) in [6, 6.07) is 15.9. The predicted molar refractivity (Wildman–Crippen MR) is 95.4 cm³/mol. The van der Waals surface area contributed by atoms with Crippen LogP contribution in [-0.4, -0.2) is 26.2 Å². The molecular formula is C19H14N4O2. The van der Waals surface area contributed by atoms with E-state index in [9.17, 15) is 9.90 Å². The van der Waals surface area contributed by atoms with Crippen molar-refractivity contribution in [2.75, 3.05) is 5.32 Å². The molecule has 0 saturated heterocycles. The highest BCUT2D eigenvalue weighted by molar-refractivity contribution is 6.08. The third kappa shape index (κ3) is 2.92. The Morgan fingerprint density at radius 1 is 1.04 bits per heavy atom. The first-order valence-electron chi connectivity index (χ1n) is 7.69. The van der Waals surface area contributed by atoms with Crippen molar-refractivity contribution in [3.63, 3.8) is 0 Å². The van der Waals surface area contributed by atoms with Gasteiger partial charge in [0.1, 0.15) is 11.4 Å². The van der Waals surface area contributed by atoms with Crippen LogP contribution in [0.25, 0.3) is 22.0 Å². The fourth-order valence-electron chi connectivity index (χ4n) is 2.66. The van der Waals surface area contributed by atoms with Gasteiger partial charge in [0.15, 0.2) is 0 Å². The van der Waals surface area contributed by atoms with E-state index in [4.69, 9.17) is 0 Å². The number of nitrogens with zero attached hydrogens (tertiary/aromatic N) is 2. The molecular weight excluding hydrogens is 316 g/mol. The van der Waals surface area contributed by atoms with E-state index in [1.807, 2.05) is 24.3 Å². The van der Waals surface area contributed by atoms with Crippen LogP contribution in [0, 0.1) is 0 Å². The number of rotatable bonds is 3. The molecule has 122 valence electrons. The minimum atomic E-state index is -0.286. The van der Waals surface area contributed by atoms with Crippen LogP contribution in [0.2, 0.25) is 0 Å². The zero-order valence-electron chi connectivity index (χ0n) is 13.1. The van der Waals surface area contributed by atoms with Crippen LogP contribution in [-0.2, 0) is 0 Å². The molecule has 25 heavy (non-hydrogen) atoms. The van der Waals surface area contributed by atoms with E-state index in [-0.39, 0.29) is 11.7 Å². The zero-order chi connectivity index (χ0) is 17.2. The molecule has 3 N–H and O–H groups in total. The number of aromatic hydroxyl groups is 1. The number of fused-ring (bicyclic) bond motifs is 1. The molecule has 6 nitrogen and oxygen atoms in total. The first-order valence-corrected chi connectivity index (χ1v) is 7.69. The molecule has 0 aliphatic carbocycles. The van der Waals surface area contributed by atoms with Gasteiger partial charge in [-0.15, -0.1) is 0 Å². The van der Waals surface area contributed by atoms with Crippen LogP contribution in [0.5, 0.6) is 5.75 Å². The highest BCUT2D eigenvalue weighted by atomic mass is 16.3. The zero-order valence-corrected chi connectivity index (χ0v) is 13.1. The fourth-order valence-corrected chi connectivity index (χ4v) is 2.66. The molecule has 4 rings (SSSR count). The number of aromatic amines is 1. The summed E-state index contributed by atoms with van der Waals surface area (Å²) in [4.78, 5) is 16.5. The van der Waals surface area contributed by atoms with Crippen molar-refractivity contribution in [1.82, 2.24) is 15.2 Å². The minimum absolute atomic E-state index is 0.204. The molecule has 0 unspecified atom stereocenters. The maximum Gasteiger partial charge on any atom is 0.274 e. The van der Waals surface area contributed by atoms with Gasteiger partial charge in [0.25, 0.3) is 5.91 Å². The lowest BCUT2D eigenvalue weighted by molar-refractivity contribution is 0.102. The summed E-state index contributed by atoms with van der Waals surface area (Å²) in [5, 5.41) is 20.2. The number of nitrogens with one attached hydrogen (secondary N) is 2. The highest BCUT2D eigenvalue weighted by Crippen LogP contribution is 2.31. The van der Waals surface area contributed by atoms with Crippen LogP contribution in [0.4, 0.5) is 5.69 Å². The Kier molecular flexibility index (Phi) is 3.63. The number of carbonyl (C=O) groups is 1. The minimum Gasteiger partial charge on any atom is -0.508 e. The second-order valence-electron chi connectivity index (χ2n) is 5.57. The van der Waals surface area contributed by atoms with Gasteiger partial charge in [-0.05, 0) is 47.5 Å². The summed E-state index contributed by atoms with van der Waals surface area (Å²) in [5.74, 6) is -0.0824. The molecule has 6 heteroatoms. The number of pyridine rings is 1. The molecule has 0 aliphatic heterocycles. The molecule has 2 aromatic carbocycles. The molecule has 0 spiro atoms. The Bertz CT molecular complexity index is 1040. The van der Waals surface area contributed by atoms with Crippen molar-refractivity contribution in [1.29, 1.82) is 0 Å². The van der Waals surface area contributed by atoms with Gasteiger partial charge in [-0.3, -0.25) is 14.9 Å². The topological polar surface area (TPSA) is 90.9 Å². The smallest absolute Gasteiger partial charge is 0.274 e. The van der Waals surface area contributed by atoms with Gasteiger partial charge in [0.05, 0.1) is 17.4 Å². The van der Waals surface area contributed by atoms with Gasteiger partial charge in [-0.1, -0.05) is 18.2 Å². The monoisotopic (exact) mass is 330 g/mol. The third-order valence-corrected chi connectivity index (χ3v) is 3.91. The van der Waals surface area contributed by atoms with Crippen LogP contribution >= 0.6 is 0 Å². The molecule has 2 heterocycles. The Morgan fingerprint density at radius 2 is 1.88 bits per heavy atom. The number of phenolic OH excluding ortho intramolecular Hbond substituents is 1. The Hall–Kier alpha value is -3.67. The number of benzene rings is 2. The quantitative estimate of drug-likeness (QED) is 0.535. The molecule has 0 radical (unpaired) electrons. The number of phenols is 1. The molecule has 0 bridgehead atoms. The second-order valence-corrected chi connectivity index (χ2v) is 5.57. The molecule has 4 aromatic rings. The summed E-state index contributed by atoms with van der Waals surface area (Å²) < 4.78 is 0. The average molecular weight is 330 g/mol. The maximum atomic E-state index is 12.4. The number of H-pyrrole nitrogens is 1. The summed E-state index contributed by atoms with van der Waals surface area (Å²) in [6.07, 6.45) is 3.25. The van der Waals surface area contributed by atoms with Crippen molar-refractivity contribution < 1.29 is 9.90 Å². The Balaban J connectivity index is 1.76. The predicted octanol–water partition coefficient (Wildman–Crippen LogP) is 3.58. The van der Waals surface area contributed by atoms with E-state index >= 15 is 0 Å². The summed E-state index contributed by atoms with van der Waals surface area (Å²) in [7, 11) is 0. The first kappa shape index (κ1) is 14.9. The van der Waals surface area contributed by atoms with E-state index in [0.29, 0.717) is 11.4 Å². The average Bonchev–Trinajstić information content (AvgIpc) is 3.12. The third-order valence-electron chi connectivity index (χ3n) is 3.91. The van der Waals surface area contributed by atoms with E-state index < -0.39 is 0 Å². The van der Waals surface area contributed by atoms with Crippen molar-refractivity contribution in [3.05, 3.63) is 72.7 Å². The van der Waals surface area contributed by atoms with E-state index in [2.05, 4.69) is 20.5 Å². The molecule has 1 amide bonds. The Morgan fingerprint density at radius 3 is 2.64 bits per heavy atom. The normalized spacial score (nSPS) is 10.7. The number of anilines is 1. The lowest BCUT2D eigenvalue weighted by Gasteiger charge is -2.09. The standard InChI is InChI=1S/C19H14N4O2/c24-14-6-4-12(5-7-14)13-9-17(15-11-21-23-18(15)10-13)22-19(25)16-3-1-2-8-20-16/h1-11,24H,(H,21,23)(H,22,25). The number of hydrogen-bond donors (Lipinski definition) is 3. The summed E-state index contributed by atoms with van der Waals surface area (Å²) in [6.45, 7) is 0. The second kappa shape index (κ2) is 6.09. The van der Waals surface area contributed by atoms with Crippen molar-refractivity contribution in [3.8, 4) is 16.9 Å². The van der Waals surface area contributed by atoms with Crippen molar-refractivity contribution in [2.24, 2.45) is 0 Å². The number of hydrogen-bond acceptors (Lipinski definition) is 4. The number of carbonyl (C=O) groups excluding carboxylic acids is 1. The highest BCUT2D eigenvalue weighted by Gasteiger charge is 2.12. The van der Waals surface area contributed by atoms with Gasteiger partial charge in [-0.2, -0.15) is 5.10 Å². The molecule has 0 aliphatic rings. The molecule has 0 fully saturated rings. The lowest BCUT2D eigenvalue weighted by Crippen LogP contribution is -2.13. The maximum absolute atomic E-state index is 12.4. The van der Waals surface area contributed by atoms with E-state index in [1.54, 1.807) is 42.7 Å². The van der Waals surface area contributed by atoms with Crippen LogP contribution in [0.15, 0.2) is 67.0 Å². The van der Waals surface area contributed by atoms with Crippen LogP contribution < -0.4 is 5.32 Å². The largest absolute Gasteiger partial charge is 0.508 e. The summed E-state index contributed by atoms with van der Waals surface area (Å²) in [5.41, 5.74) is 3.61. The molecule has 2 aromatic heterocycles. The lowest BCUT2D eigenvalue weighted by atomic mass is 10.0. The van der Waals surface area contributed by atoms with Crippen molar-refractivity contribution in [2.45, 2.75) is 0 Å². The SMILES string of the molecule is O=C(Nc1cc(-c2ccc(O)cc2)cc2[nH]ncc12)c1ccccn1. The van der Waals surface area contributed by atoms with E-state index in [1.165, 1.54) is 0 Å². The summed E-state index contributed by atoms with van der Waals surface area (Å²) >= 11 is 0. The van der Waals surface area contributed by atoms with Gasteiger partial charge in [0, 0.05) is 11.6 Å². The van der Waals surface area contributed by atoms with Crippen LogP contribution in [0.1, 0.15) is 10.5 Å². The number of aromatic nitrogens is 3. The first-order chi connectivity index (χ1) is 12.2. The molecule has 0 atom stereocenters. The van der Waals surface area contributed by atoms with Crippen LogP contribution in [0.3, 0.4) is 0 Å². The molecule has 0 saturated carbocycles.